The molecule has 1 N–H and O–H groups in total. The van der Waals surface area contributed by atoms with Crippen LogP contribution in [0.4, 0.5) is 5.69 Å². The Kier molecular flexibility index (Phi) is 5.99. The van der Waals surface area contributed by atoms with Crippen molar-refractivity contribution < 1.29 is 13.2 Å². The average molecular weight is 510 g/mol. The molecule has 6 nitrogen and oxygen atoms in total. The van der Waals surface area contributed by atoms with Gasteiger partial charge in [0.2, 0.25) is 0 Å². The van der Waals surface area contributed by atoms with Crippen LogP contribution in [0.1, 0.15) is 16.2 Å². The van der Waals surface area contributed by atoms with Crippen LogP contribution in [0.3, 0.4) is 0 Å². The molecule has 0 aliphatic carbocycles. The number of hydrogen-bond acceptors (Lipinski definition) is 4. The number of aromatic nitrogens is 2. The largest absolute Gasteiger partial charge is 0.321 e. The third kappa shape index (κ3) is 4.81. The summed E-state index contributed by atoms with van der Waals surface area (Å²) < 4.78 is 25.9. The molecular formula is C24H20BrN3O3S. The summed E-state index contributed by atoms with van der Waals surface area (Å²) in [6.07, 6.45) is 1.16. The van der Waals surface area contributed by atoms with E-state index in [1.54, 1.807) is 22.9 Å². The number of nitrogens with one attached hydrogen (secondary N) is 1. The molecule has 1 heterocycles. The van der Waals surface area contributed by atoms with Crippen molar-refractivity contribution in [2.45, 2.75) is 11.8 Å². The topological polar surface area (TPSA) is 81.1 Å². The van der Waals surface area contributed by atoms with Crippen LogP contribution < -0.4 is 5.32 Å². The van der Waals surface area contributed by atoms with Crippen molar-refractivity contribution in [1.82, 2.24) is 9.78 Å². The first-order valence-corrected chi connectivity index (χ1v) is 12.4. The van der Waals surface area contributed by atoms with E-state index in [9.17, 15) is 13.2 Å². The summed E-state index contributed by atoms with van der Waals surface area (Å²) in [6.45, 7) is 1.84. The Bertz CT molecular complexity index is 1390. The number of anilines is 1. The van der Waals surface area contributed by atoms with Crippen molar-refractivity contribution in [2.75, 3.05) is 11.6 Å². The first-order valence-electron chi connectivity index (χ1n) is 9.75. The van der Waals surface area contributed by atoms with E-state index in [4.69, 9.17) is 0 Å². The van der Waals surface area contributed by atoms with Crippen molar-refractivity contribution in [1.29, 1.82) is 0 Å². The van der Waals surface area contributed by atoms with Gasteiger partial charge in [-0.1, -0.05) is 40.2 Å². The number of halogens is 1. The van der Waals surface area contributed by atoms with Gasteiger partial charge in [-0.25, -0.2) is 13.1 Å². The maximum absolute atomic E-state index is 12.8. The SMILES string of the molecule is Cc1cc(C(=O)Nc2cccc(-c3ccc(Br)cc3)c2)nn1-c1ccc(S(C)(=O)=O)cc1. The number of aryl methyl sites for hydroxylation is 1. The fraction of sp³-hybridized carbons (Fsp3) is 0.0833. The fourth-order valence-corrected chi connectivity index (χ4v) is 4.19. The lowest BCUT2D eigenvalue weighted by atomic mass is 10.1. The molecule has 0 unspecified atom stereocenters. The minimum absolute atomic E-state index is 0.231. The molecule has 0 bridgehead atoms. The molecule has 4 aromatic rings. The second kappa shape index (κ2) is 8.72. The maximum Gasteiger partial charge on any atom is 0.276 e. The zero-order valence-corrected chi connectivity index (χ0v) is 19.8. The molecule has 0 spiro atoms. The van der Waals surface area contributed by atoms with Crippen LogP contribution in [0.5, 0.6) is 0 Å². The minimum Gasteiger partial charge on any atom is -0.321 e. The van der Waals surface area contributed by atoms with Crippen LogP contribution in [-0.4, -0.2) is 30.4 Å². The number of hydrogen-bond donors (Lipinski definition) is 1. The number of carbonyl (C=O) groups excluding carboxylic acids is 1. The Labute approximate surface area is 195 Å². The highest BCUT2D eigenvalue weighted by Gasteiger charge is 2.15. The van der Waals surface area contributed by atoms with E-state index in [2.05, 4.69) is 26.3 Å². The van der Waals surface area contributed by atoms with E-state index in [1.807, 2.05) is 55.5 Å². The van der Waals surface area contributed by atoms with E-state index in [1.165, 1.54) is 12.1 Å². The molecule has 3 aromatic carbocycles. The lowest BCUT2D eigenvalue weighted by Crippen LogP contribution is -2.13. The average Bonchev–Trinajstić information content (AvgIpc) is 3.16. The standard InChI is InChI=1S/C24H20BrN3O3S/c1-16-14-23(27-28(16)21-10-12-22(13-11-21)32(2,30)31)24(29)26-20-5-3-4-18(15-20)17-6-8-19(25)9-7-17/h3-15H,1-2H3,(H,26,29). The monoisotopic (exact) mass is 509 g/mol. The van der Waals surface area contributed by atoms with Crippen molar-refractivity contribution in [2.24, 2.45) is 0 Å². The summed E-state index contributed by atoms with van der Waals surface area (Å²) in [4.78, 5) is 13.0. The van der Waals surface area contributed by atoms with Gasteiger partial charge in [-0.15, -0.1) is 0 Å². The lowest BCUT2D eigenvalue weighted by Gasteiger charge is -2.07. The van der Waals surface area contributed by atoms with Crippen LogP contribution in [0, 0.1) is 6.92 Å². The number of amides is 1. The number of carbonyl (C=O) groups is 1. The first-order chi connectivity index (χ1) is 15.2. The van der Waals surface area contributed by atoms with Crippen LogP contribution in [0.15, 0.2) is 88.2 Å². The fourth-order valence-electron chi connectivity index (χ4n) is 3.30. The van der Waals surface area contributed by atoms with Crippen LogP contribution in [0.2, 0.25) is 0 Å². The van der Waals surface area contributed by atoms with E-state index in [0.29, 0.717) is 11.4 Å². The number of rotatable bonds is 5. The first kappa shape index (κ1) is 22.0. The molecule has 162 valence electrons. The Balaban J connectivity index is 1.55. The van der Waals surface area contributed by atoms with Crippen LogP contribution in [0.25, 0.3) is 16.8 Å². The van der Waals surface area contributed by atoms with Gasteiger partial charge in [-0.05, 0) is 72.6 Å². The van der Waals surface area contributed by atoms with Gasteiger partial charge < -0.3 is 5.32 Å². The molecule has 32 heavy (non-hydrogen) atoms. The summed E-state index contributed by atoms with van der Waals surface area (Å²) in [5.41, 5.74) is 4.39. The van der Waals surface area contributed by atoms with Crippen molar-refractivity contribution in [3.05, 3.63) is 94.7 Å². The van der Waals surface area contributed by atoms with E-state index in [-0.39, 0.29) is 16.5 Å². The highest BCUT2D eigenvalue weighted by atomic mass is 79.9. The molecule has 1 aromatic heterocycles. The van der Waals surface area contributed by atoms with E-state index in [0.717, 1.165) is 27.5 Å². The number of benzene rings is 3. The third-order valence-corrected chi connectivity index (χ3v) is 6.58. The van der Waals surface area contributed by atoms with Gasteiger partial charge in [0.15, 0.2) is 15.5 Å². The second-order valence-corrected chi connectivity index (χ2v) is 10.3. The van der Waals surface area contributed by atoms with Crippen LogP contribution in [-0.2, 0) is 9.84 Å². The summed E-state index contributed by atoms with van der Waals surface area (Å²) >= 11 is 3.44. The minimum atomic E-state index is -3.28. The van der Waals surface area contributed by atoms with Gasteiger partial charge in [-0.3, -0.25) is 4.79 Å². The molecule has 0 aliphatic heterocycles. The van der Waals surface area contributed by atoms with E-state index < -0.39 is 9.84 Å². The van der Waals surface area contributed by atoms with Gasteiger partial charge in [0, 0.05) is 22.1 Å². The van der Waals surface area contributed by atoms with E-state index >= 15 is 0 Å². The lowest BCUT2D eigenvalue weighted by molar-refractivity contribution is 0.102. The summed E-state index contributed by atoms with van der Waals surface area (Å²) in [6, 6.07) is 23.6. The summed E-state index contributed by atoms with van der Waals surface area (Å²) in [7, 11) is -3.28. The Morgan fingerprint density at radius 2 is 1.62 bits per heavy atom. The second-order valence-electron chi connectivity index (χ2n) is 7.39. The maximum atomic E-state index is 12.8. The molecule has 1 amide bonds. The third-order valence-electron chi connectivity index (χ3n) is 4.93. The molecule has 0 saturated carbocycles. The molecule has 0 saturated heterocycles. The Morgan fingerprint density at radius 3 is 2.28 bits per heavy atom. The smallest absolute Gasteiger partial charge is 0.276 e. The van der Waals surface area contributed by atoms with Gasteiger partial charge >= 0.3 is 0 Å². The van der Waals surface area contributed by atoms with Gasteiger partial charge in [-0.2, -0.15) is 5.10 Å². The van der Waals surface area contributed by atoms with Crippen LogP contribution >= 0.6 is 15.9 Å². The van der Waals surface area contributed by atoms with Crippen molar-refractivity contribution in [3.8, 4) is 16.8 Å². The molecule has 0 radical (unpaired) electrons. The predicted octanol–water partition coefficient (Wildman–Crippen LogP) is 5.27. The summed E-state index contributed by atoms with van der Waals surface area (Å²) in [5.74, 6) is -0.326. The highest BCUT2D eigenvalue weighted by Crippen LogP contribution is 2.25. The summed E-state index contributed by atoms with van der Waals surface area (Å²) in [5, 5.41) is 7.31. The number of sulfone groups is 1. The molecule has 0 atom stereocenters. The molecule has 0 aliphatic rings. The van der Waals surface area contributed by atoms with Gasteiger partial charge in [0.05, 0.1) is 10.6 Å². The highest BCUT2D eigenvalue weighted by molar-refractivity contribution is 9.10. The van der Waals surface area contributed by atoms with Crippen molar-refractivity contribution >= 4 is 37.4 Å². The Hall–Kier alpha value is -3.23. The van der Waals surface area contributed by atoms with Gasteiger partial charge in [0.25, 0.3) is 5.91 Å². The van der Waals surface area contributed by atoms with Gasteiger partial charge in [0.1, 0.15) is 0 Å². The molecule has 4 rings (SSSR count). The quantitative estimate of drug-likeness (QED) is 0.397. The van der Waals surface area contributed by atoms with Crippen molar-refractivity contribution in [3.63, 3.8) is 0 Å². The molecule has 8 heteroatoms. The molecule has 0 fully saturated rings. The normalized spacial score (nSPS) is 11.3. The number of nitrogens with zero attached hydrogens (tertiary/aromatic N) is 2. The predicted molar refractivity (Wildman–Crippen MR) is 129 cm³/mol. The molecular weight excluding hydrogens is 490 g/mol. The zero-order valence-electron chi connectivity index (χ0n) is 17.4. The Morgan fingerprint density at radius 1 is 0.938 bits per heavy atom. The zero-order chi connectivity index (χ0) is 22.9.